The Kier molecular flexibility index (Phi) is 3.27. The number of anilines is 1. The van der Waals surface area contributed by atoms with E-state index >= 15 is 0 Å². The van der Waals surface area contributed by atoms with Crippen LogP contribution in [0, 0.1) is 5.82 Å². The fourth-order valence-corrected chi connectivity index (χ4v) is 1.77. The number of aryl methyl sites for hydroxylation is 1. The minimum absolute atomic E-state index is 0.0536. The van der Waals surface area contributed by atoms with Gasteiger partial charge in [0, 0.05) is 31.4 Å². The summed E-state index contributed by atoms with van der Waals surface area (Å²) in [5, 5.41) is 6.44. The highest BCUT2D eigenvalue weighted by Gasteiger charge is 2.18. The second-order valence-corrected chi connectivity index (χ2v) is 3.87. The Morgan fingerprint density at radius 1 is 1.33 bits per heavy atom. The van der Waals surface area contributed by atoms with E-state index in [-0.39, 0.29) is 16.8 Å². The largest absolute Gasteiger partial charge is 0.386 e. The van der Waals surface area contributed by atoms with E-state index in [1.54, 1.807) is 13.2 Å². The molecule has 2 rings (SSSR count). The molecule has 0 fully saturated rings. The molecule has 96 valence electrons. The van der Waals surface area contributed by atoms with Gasteiger partial charge >= 0.3 is 0 Å². The Balaban J connectivity index is 2.61. The molecular formula is C12H12F3N3. The zero-order valence-electron chi connectivity index (χ0n) is 9.92. The van der Waals surface area contributed by atoms with Crippen molar-refractivity contribution in [3.05, 3.63) is 35.9 Å². The standard InChI is InChI=1S/C12H12F3N3/c1-16-11-4-9(12(14)15)8(3-10(11)13)7-5-17-18(2)6-7/h3-6,12,16H,1-2H3. The van der Waals surface area contributed by atoms with Crippen LogP contribution in [0.3, 0.4) is 0 Å². The molecule has 1 aromatic heterocycles. The Hall–Kier alpha value is -1.98. The molecule has 0 aliphatic carbocycles. The van der Waals surface area contributed by atoms with Gasteiger partial charge in [-0.15, -0.1) is 0 Å². The monoisotopic (exact) mass is 255 g/mol. The maximum Gasteiger partial charge on any atom is 0.264 e. The fourth-order valence-electron chi connectivity index (χ4n) is 1.77. The molecule has 0 atom stereocenters. The van der Waals surface area contributed by atoms with Crippen molar-refractivity contribution in [3.8, 4) is 11.1 Å². The lowest BCUT2D eigenvalue weighted by atomic mass is 10.0. The molecule has 2 aromatic rings. The summed E-state index contributed by atoms with van der Waals surface area (Å²) in [6, 6.07) is 2.23. The molecule has 0 saturated heterocycles. The van der Waals surface area contributed by atoms with Crippen LogP contribution in [0.2, 0.25) is 0 Å². The van der Waals surface area contributed by atoms with E-state index in [9.17, 15) is 13.2 Å². The van der Waals surface area contributed by atoms with Gasteiger partial charge in [-0.3, -0.25) is 4.68 Å². The third-order valence-corrected chi connectivity index (χ3v) is 2.66. The number of rotatable bonds is 3. The third-order valence-electron chi connectivity index (χ3n) is 2.66. The second kappa shape index (κ2) is 4.72. The first kappa shape index (κ1) is 12.5. The van der Waals surface area contributed by atoms with Crippen molar-refractivity contribution < 1.29 is 13.2 Å². The Morgan fingerprint density at radius 3 is 2.56 bits per heavy atom. The minimum atomic E-state index is -2.67. The first-order valence-corrected chi connectivity index (χ1v) is 5.31. The van der Waals surface area contributed by atoms with Crippen molar-refractivity contribution in [2.24, 2.45) is 7.05 Å². The SMILES string of the molecule is CNc1cc(C(F)F)c(-c2cnn(C)c2)cc1F. The molecular weight excluding hydrogens is 243 g/mol. The summed E-state index contributed by atoms with van der Waals surface area (Å²) in [6.45, 7) is 0. The van der Waals surface area contributed by atoms with E-state index in [1.807, 2.05) is 0 Å². The lowest BCUT2D eigenvalue weighted by Crippen LogP contribution is -1.98. The van der Waals surface area contributed by atoms with Gasteiger partial charge < -0.3 is 5.32 Å². The van der Waals surface area contributed by atoms with E-state index in [0.29, 0.717) is 5.56 Å². The number of nitrogens with zero attached hydrogens (tertiary/aromatic N) is 2. The highest BCUT2D eigenvalue weighted by molar-refractivity contribution is 5.70. The molecule has 0 spiro atoms. The lowest BCUT2D eigenvalue weighted by Gasteiger charge is -2.11. The van der Waals surface area contributed by atoms with Crippen LogP contribution in [0.15, 0.2) is 24.5 Å². The molecule has 6 heteroatoms. The number of nitrogens with one attached hydrogen (secondary N) is 1. The predicted molar refractivity (Wildman–Crippen MR) is 63.1 cm³/mol. The quantitative estimate of drug-likeness (QED) is 0.912. The molecule has 0 saturated carbocycles. The van der Waals surface area contributed by atoms with Gasteiger partial charge in [0.2, 0.25) is 0 Å². The summed E-state index contributed by atoms with van der Waals surface area (Å²) in [5.74, 6) is -0.569. The van der Waals surface area contributed by atoms with Crippen LogP contribution in [0.1, 0.15) is 12.0 Å². The summed E-state index contributed by atoms with van der Waals surface area (Å²) in [6.07, 6.45) is 0.326. The topological polar surface area (TPSA) is 29.9 Å². The molecule has 3 nitrogen and oxygen atoms in total. The Labute approximate surface area is 102 Å². The van der Waals surface area contributed by atoms with E-state index in [1.165, 1.54) is 17.9 Å². The van der Waals surface area contributed by atoms with Gasteiger partial charge in [0.25, 0.3) is 6.43 Å². The molecule has 0 aliphatic rings. The molecule has 0 aliphatic heterocycles. The van der Waals surface area contributed by atoms with Gasteiger partial charge in [0.1, 0.15) is 5.82 Å². The molecule has 1 heterocycles. The summed E-state index contributed by atoms with van der Waals surface area (Å²) in [5.41, 5.74) is 0.468. The molecule has 1 aromatic carbocycles. The highest BCUT2D eigenvalue weighted by Crippen LogP contribution is 2.34. The number of hydrogen-bond donors (Lipinski definition) is 1. The maximum atomic E-state index is 13.7. The van der Waals surface area contributed by atoms with Crippen LogP contribution in [-0.4, -0.2) is 16.8 Å². The summed E-state index contributed by atoms with van der Waals surface area (Å²) in [7, 11) is 3.15. The first-order valence-electron chi connectivity index (χ1n) is 5.31. The van der Waals surface area contributed by atoms with Crippen molar-refractivity contribution >= 4 is 5.69 Å². The molecule has 0 radical (unpaired) electrons. The van der Waals surface area contributed by atoms with Gasteiger partial charge in [-0.2, -0.15) is 5.10 Å². The molecule has 0 amide bonds. The summed E-state index contributed by atoms with van der Waals surface area (Å²) in [4.78, 5) is 0. The number of alkyl halides is 2. The van der Waals surface area contributed by atoms with Crippen molar-refractivity contribution in [2.75, 3.05) is 12.4 Å². The molecule has 1 N–H and O–H groups in total. The van der Waals surface area contributed by atoms with E-state index in [4.69, 9.17) is 0 Å². The van der Waals surface area contributed by atoms with Crippen molar-refractivity contribution in [3.63, 3.8) is 0 Å². The lowest BCUT2D eigenvalue weighted by molar-refractivity contribution is 0.152. The Morgan fingerprint density at radius 2 is 2.06 bits per heavy atom. The molecule has 0 unspecified atom stereocenters. The van der Waals surface area contributed by atoms with Crippen LogP contribution in [0.5, 0.6) is 0 Å². The number of halogens is 3. The van der Waals surface area contributed by atoms with Crippen LogP contribution in [0.25, 0.3) is 11.1 Å². The van der Waals surface area contributed by atoms with Gasteiger partial charge in [-0.1, -0.05) is 0 Å². The van der Waals surface area contributed by atoms with Crippen LogP contribution in [0.4, 0.5) is 18.9 Å². The summed E-state index contributed by atoms with van der Waals surface area (Å²) >= 11 is 0. The first-order chi connectivity index (χ1) is 8.52. The average molecular weight is 255 g/mol. The molecule has 18 heavy (non-hydrogen) atoms. The van der Waals surface area contributed by atoms with Crippen molar-refractivity contribution in [1.29, 1.82) is 0 Å². The Bertz CT molecular complexity index is 564. The minimum Gasteiger partial charge on any atom is -0.386 e. The number of hydrogen-bond acceptors (Lipinski definition) is 2. The van der Waals surface area contributed by atoms with Gasteiger partial charge in [0.05, 0.1) is 11.9 Å². The number of aromatic nitrogens is 2. The third kappa shape index (κ3) is 2.18. The molecule has 0 bridgehead atoms. The number of benzene rings is 1. The zero-order chi connectivity index (χ0) is 13.3. The highest BCUT2D eigenvalue weighted by atomic mass is 19.3. The second-order valence-electron chi connectivity index (χ2n) is 3.87. The summed E-state index contributed by atoms with van der Waals surface area (Å²) < 4.78 is 41.1. The van der Waals surface area contributed by atoms with E-state index < -0.39 is 12.2 Å². The fraction of sp³-hybridized carbons (Fsp3) is 0.250. The van der Waals surface area contributed by atoms with Gasteiger partial charge in [-0.05, 0) is 17.7 Å². The van der Waals surface area contributed by atoms with Crippen molar-refractivity contribution in [2.45, 2.75) is 6.43 Å². The van der Waals surface area contributed by atoms with Crippen LogP contribution < -0.4 is 5.32 Å². The van der Waals surface area contributed by atoms with E-state index in [2.05, 4.69) is 10.4 Å². The van der Waals surface area contributed by atoms with Gasteiger partial charge in [-0.25, -0.2) is 13.2 Å². The van der Waals surface area contributed by atoms with E-state index in [0.717, 1.165) is 12.1 Å². The van der Waals surface area contributed by atoms with Crippen molar-refractivity contribution in [1.82, 2.24) is 9.78 Å². The average Bonchev–Trinajstić information content (AvgIpc) is 2.75. The predicted octanol–water partition coefficient (Wildman–Crippen LogP) is 3.21. The normalized spacial score (nSPS) is 11.0. The zero-order valence-corrected chi connectivity index (χ0v) is 9.92. The maximum absolute atomic E-state index is 13.7. The van der Waals surface area contributed by atoms with Crippen LogP contribution in [-0.2, 0) is 7.05 Å². The smallest absolute Gasteiger partial charge is 0.264 e. The van der Waals surface area contributed by atoms with Crippen LogP contribution >= 0.6 is 0 Å². The van der Waals surface area contributed by atoms with Gasteiger partial charge in [0.15, 0.2) is 0 Å².